The van der Waals surface area contributed by atoms with E-state index in [1.807, 2.05) is 13.8 Å². The molecule has 2 rings (SSSR count). The van der Waals surface area contributed by atoms with Gasteiger partial charge in [0.05, 0.1) is 3.79 Å². The SMILES string of the molecule is CCNCc1cc(S(=O)(=O)N2CC(C)CC2C)c(Br)s1. The first-order valence-corrected chi connectivity index (χ1v) is 9.92. The summed E-state index contributed by atoms with van der Waals surface area (Å²) >= 11 is 4.90. The minimum Gasteiger partial charge on any atom is -0.312 e. The van der Waals surface area contributed by atoms with Crippen LogP contribution >= 0.6 is 27.3 Å². The lowest BCUT2D eigenvalue weighted by molar-refractivity contribution is 0.405. The Balaban J connectivity index is 2.28. The van der Waals surface area contributed by atoms with Gasteiger partial charge in [-0.3, -0.25) is 0 Å². The molecule has 1 aromatic heterocycles. The molecule has 114 valence electrons. The third kappa shape index (κ3) is 3.27. The summed E-state index contributed by atoms with van der Waals surface area (Å²) in [4.78, 5) is 1.45. The molecule has 2 atom stereocenters. The van der Waals surface area contributed by atoms with Crippen LogP contribution < -0.4 is 5.32 Å². The molecule has 0 amide bonds. The van der Waals surface area contributed by atoms with Crippen LogP contribution in [0.2, 0.25) is 0 Å². The van der Waals surface area contributed by atoms with Crippen molar-refractivity contribution in [2.75, 3.05) is 13.1 Å². The normalized spacial score (nSPS) is 24.4. The third-order valence-corrected chi connectivity index (χ3v) is 7.80. The highest BCUT2D eigenvalue weighted by Crippen LogP contribution is 2.36. The predicted molar refractivity (Wildman–Crippen MR) is 86.5 cm³/mol. The second-order valence-electron chi connectivity index (χ2n) is 5.40. The van der Waals surface area contributed by atoms with Gasteiger partial charge in [-0.2, -0.15) is 4.31 Å². The van der Waals surface area contributed by atoms with Crippen LogP contribution in [0.15, 0.2) is 14.7 Å². The Morgan fingerprint density at radius 3 is 2.75 bits per heavy atom. The predicted octanol–water partition coefficient (Wildman–Crippen LogP) is 3.04. The number of sulfonamides is 1. The molecule has 4 nitrogen and oxygen atoms in total. The molecule has 1 aliphatic heterocycles. The Labute approximate surface area is 133 Å². The number of nitrogens with zero attached hydrogens (tertiary/aromatic N) is 1. The smallest absolute Gasteiger partial charge is 0.245 e. The Morgan fingerprint density at radius 1 is 1.50 bits per heavy atom. The van der Waals surface area contributed by atoms with Crippen molar-refractivity contribution in [3.05, 3.63) is 14.7 Å². The molecule has 1 aromatic rings. The van der Waals surface area contributed by atoms with E-state index >= 15 is 0 Å². The van der Waals surface area contributed by atoms with Crippen LogP contribution in [-0.4, -0.2) is 31.9 Å². The van der Waals surface area contributed by atoms with Gasteiger partial charge in [0.1, 0.15) is 4.90 Å². The molecule has 0 aliphatic carbocycles. The summed E-state index contributed by atoms with van der Waals surface area (Å²) in [5.41, 5.74) is 0. The van der Waals surface area contributed by atoms with Gasteiger partial charge in [-0.25, -0.2) is 8.42 Å². The van der Waals surface area contributed by atoms with Crippen molar-refractivity contribution in [1.82, 2.24) is 9.62 Å². The lowest BCUT2D eigenvalue weighted by atomic mass is 10.1. The zero-order chi connectivity index (χ0) is 14.9. The zero-order valence-corrected chi connectivity index (χ0v) is 15.2. The van der Waals surface area contributed by atoms with Crippen LogP contribution in [0.1, 0.15) is 32.1 Å². The summed E-state index contributed by atoms with van der Waals surface area (Å²) in [6, 6.07) is 1.88. The Kier molecular flexibility index (Phi) is 5.29. The van der Waals surface area contributed by atoms with Gasteiger partial charge in [-0.15, -0.1) is 11.3 Å². The minimum absolute atomic E-state index is 0.0824. The highest BCUT2D eigenvalue weighted by atomic mass is 79.9. The summed E-state index contributed by atoms with van der Waals surface area (Å²) in [6.07, 6.45) is 0.936. The molecular formula is C13H21BrN2O2S2. The monoisotopic (exact) mass is 380 g/mol. The second kappa shape index (κ2) is 6.44. The van der Waals surface area contributed by atoms with E-state index in [-0.39, 0.29) is 6.04 Å². The van der Waals surface area contributed by atoms with Gasteiger partial charge in [-0.1, -0.05) is 13.8 Å². The van der Waals surface area contributed by atoms with E-state index in [1.54, 1.807) is 10.4 Å². The summed E-state index contributed by atoms with van der Waals surface area (Å²) in [6.45, 7) is 8.33. The van der Waals surface area contributed by atoms with E-state index in [4.69, 9.17) is 0 Å². The summed E-state index contributed by atoms with van der Waals surface area (Å²) in [5.74, 6) is 0.429. The fourth-order valence-corrected chi connectivity index (χ4v) is 7.00. The standard InChI is InChI=1S/C13H21BrN2O2S2/c1-4-15-7-11-6-12(13(14)19-11)20(17,18)16-8-9(2)5-10(16)3/h6,9-10,15H,4-5,7-8H2,1-3H3. The minimum atomic E-state index is -3.39. The molecular weight excluding hydrogens is 360 g/mol. The number of rotatable bonds is 5. The molecule has 1 aliphatic rings. The first-order valence-electron chi connectivity index (χ1n) is 6.87. The van der Waals surface area contributed by atoms with Gasteiger partial charge in [0.2, 0.25) is 10.0 Å². The quantitative estimate of drug-likeness (QED) is 0.853. The molecule has 2 unspecified atom stereocenters. The molecule has 1 fully saturated rings. The van der Waals surface area contributed by atoms with Gasteiger partial charge in [-0.05, 0) is 47.8 Å². The van der Waals surface area contributed by atoms with Crippen molar-refractivity contribution in [3.8, 4) is 0 Å². The molecule has 2 heterocycles. The van der Waals surface area contributed by atoms with Crippen LogP contribution in [0.25, 0.3) is 0 Å². The van der Waals surface area contributed by atoms with Crippen molar-refractivity contribution < 1.29 is 8.42 Å². The molecule has 1 N–H and O–H groups in total. The van der Waals surface area contributed by atoms with E-state index < -0.39 is 10.0 Å². The maximum Gasteiger partial charge on any atom is 0.245 e. The van der Waals surface area contributed by atoms with E-state index in [0.717, 1.165) is 17.8 Å². The number of thiophene rings is 1. The topological polar surface area (TPSA) is 49.4 Å². The highest BCUT2D eigenvalue weighted by Gasteiger charge is 2.37. The van der Waals surface area contributed by atoms with E-state index in [0.29, 0.717) is 27.7 Å². The van der Waals surface area contributed by atoms with Crippen LogP contribution in [-0.2, 0) is 16.6 Å². The van der Waals surface area contributed by atoms with Crippen molar-refractivity contribution in [2.24, 2.45) is 5.92 Å². The maximum absolute atomic E-state index is 12.8. The fourth-order valence-electron chi connectivity index (χ4n) is 2.63. The molecule has 1 saturated heterocycles. The molecule has 0 bridgehead atoms. The van der Waals surface area contributed by atoms with Crippen LogP contribution in [0.3, 0.4) is 0 Å². The lowest BCUT2D eigenvalue weighted by Crippen LogP contribution is -2.33. The molecule has 0 radical (unpaired) electrons. The largest absolute Gasteiger partial charge is 0.312 e. The number of halogens is 1. The third-order valence-electron chi connectivity index (χ3n) is 3.57. The summed E-state index contributed by atoms with van der Waals surface area (Å²) in [7, 11) is -3.39. The molecule has 0 aromatic carbocycles. The average molecular weight is 381 g/mol. The number of hydrogen-bond acceptors (Lipinski definition) is 4. The van der Waals surface area contributed by atoms with Gasteiger partial charge in [0.25, 0.3) is 0 Å². The highest BCUT2D eigenvalue weighted by molar-refractivity contribution is 9.11. The summed E-state index contributed by atoms with van der Waals surface area (Å²) < 4.78 is 27.9. The van der Waals surface area contributed by atoms with E-state index in [2.05, 4.69) is 28.2 Å². The Morgan fingerprint density at radius 2 is 2.20 bits per heavy atom. The van der Waals surface area contributed by atoms with Gasteiger partial charge >= 0.3 is 0 Å². The van der Waals surface area contributed by atoms with Crippen molar-refractivity contribution >= 4 is 37.3 Å². The lowest BCUT2D eigenvalue weighted by Gasteiger charge is -2.20. The second-order valence-corrected chi connectivity index (χ2v) is 9.71. The van der Waals surface area contributed by atoms with Gasteiger partial charge < -0.3 is 5.32 Å². The first-order chi connectivity index (χ1) is 9.36. The molecule has 7 heteroatoms. The van der Waals surface area contributed by atoms with E-state index in [1.165, 1.54) is 11.3 Å². The van der Waals surface area contributed by atoms with Crippen LogP contribution in [0.4, 0.5) is 0 Å². The van der Waals surface area contributed by atoms with Crippen molar-refractivity contribution in [2.45, 2.75) is 44.7 Å². The molecule has 0 saturated carbocycles. The Hall–Kier alpha value is 0.0500. The molecule has 20 heavy (non-hydrogen) atoms. The van der Waals surface area contributed by atoms with Crippen molar-refractivity contribution in [1.29, 1.82) is 0 Å². The Bertz CT molecular complexity index is 571. The number of hydrogen-bond donors (Lipinski definition) is 1. The fraction of sp³-hybridized carbons (Fsp3) is 0.692. The van der Waals surface area contributed by atoms with Crippen LogP contribution in [0.5, 0.6) is 0 Å². The zero-order valence-electron chi connectivity index (χ0n) is 12.0. The maximum atomic E-state index is 12.8. The van der Waals surface area contributed by atoms with Crippen molar-refractivity contribution in [3.63, 3.8) is 0 Å². The average Bonchev–Trinajstić information content (AvgIpc) is 2.90. The summed E-state index contributed by atoms with van der Waals surface area (Å²) in [5, 5.41) is 3.22. The van der Waals surface area contributed by atoms with Gasteiger partial charge in [0, 0.05) is 24.0 Å². The van der Waals surface area contributed by atoms with Gasteiger partial charge in [0.15, 0.2) is 0 Å². The van der Waals surface area contributed by atoms with E-state index in [9.17, 15) is 8.42 Å². The van der Waals surface area contributed by atoms with Crippen LogP contribution in [0, 0.1) is 5.92 Å². The molecule has 0 spiro atoms. The number of nitrogens with one attached hydrogen (secondary N) is 1. The first kappa shape index (κ1) is 16.4.